The Bertz CT molecular complexity index is 385. The van der Waals surface area contributed by atoms with Crippen LogP contribution in [0.5, 0.6) is 0 Å². The predicted molar refractivity (Wildman–Crippen MR) is 76.4 cm³/mol. The van der Waals surface area contributed by atoms with Crippen molar-refractivity contribution in [2.24, 2.45) is 5.92 Å². The Morgan fingerprint density at radius 3 is 2.61 bits per heavy atom. The normalized spacial score (nSPS) is 16.5. The van der Waals surface area contributed by atoms with Crippen LogP contribution in [0.25, 0.3) is 0 Å². The van der Waals surface area contributed by atoms with Gasteiger partial charge in [-0.1, -0.05) is 28.1 Å². The molecule has 0 bridgehead atoms. The summed E-state index contributed by atoms with van der Waals surface area (Å²) in [7, 11) is 0. The Morgan fingerprint density at radius 2 is 1.94 bits per heavy atom. The number of nitrogens with one attached hydrogen (secondary N) is 2. The molecule has 98 valence electrons. The SMILES string of the molecule is O=C(NCCc1ccc(Br)cc1)C1CCNCC1. The zero-order valence-corrected chi connectivity index (χ0v) is 12.0. The van der Waals surface area contributed by atoms with Gasteiger partial charge in [0, 0.05) is 16.9 Å². The van der Waals surface area contributed by atoms with E-state index in [1.807, 2.05) is 12.1 Å². The van der Waals surface area contributed by atoms with Crippen molar-refractivity contribution in [3.05, 3.63) is 34.3 Å². The highest BCUT2D eigenvalue weighted by Crippen LogP contribution is 2.12. The summed E-state index contributed by atoms with van der Waals surface area (Å²) in [6.07, 6.45) is 2.82. The summed E-state index contributed by atoms with van der Waals surface area (Å²) in [5, 5.41) is 6.31. The fourth-order valence-corrected chi connectivity index (χ4v) is 2.47. The van der Waals surface area contributed by atoms with Gasteiger partial charge in [-0.2, -0.15) is 0 Å². The van der Waals surface area contributed by atoms with Crippen LogP contribution in [0.1, 0.15) is 18.4 Å². The first-order valence-corrected chi connectivity index (χ1v) is 7.28. The van der Waals surface area contributed by atoms with E-state index in [0.717, 1.165) is 43.4 Å². The second-order valence-corrected chi connectivity index (χ2v) is 5.61. The fourth-order valence-electron chi connectivity index (χ4n) is 2.21. The average Bonchev–Trinajstić information content (AvgIpc) is 2.42. The monoisotopic (exact) mass is 310 g/mol. The second kappa shape index (κ2) is 6.90. The standard InChI is InChI=1S/C14H19BrN2O/c15-13-3-1-11(2-4-13)5-10-17-14(18)12-6-8-16-9-7-12/h1-4,12,16H,5-10H2,(H,17,18). The average molecular weight is 311 g/mol. The molecule has 18 heavy (non-hydrogen) atoms. The van der Waals surface area contributed by atoms with Crippen molar-refractivity contribution >= 4 is 21.8 Å². The lowest BCUT2D eigenvalue weighted by Crippen LogP contribution is -2.38. The zero-order valence-electron chi connectivity index (χ0n) is 10.4. The predicted octanol–water partition coefficient (Wildman–Crippen LogP) is 2.11. The minimum Gasteiger partial charge on any atom is -0.356 e. The van der Waals surface area contributed by atoms with Crippen LogP contribution in [0.2, 0.25) is 0 Å². The molecule has 2 rings (SSSR count). The van der Waals surface area contributed by atoms with Crippen molar-refractivity contribution in [1.82, 2.24) is 10.6 Å². The number of rotatable bonds is 4. The van der Waals surface area contributed by atoms with Gasteiger partial charge in [0.15, 0.2) is 0 Å². The van der Waals surface area contributed by atoms with Gasteiger partial charge in [0.05, 0.1) is 0 Å². The lowest BCUT2D eigenvalue weighted by atomic mass is 9.97. The molecule has 1 aliphatic rings. The lowest BCUT2D eigenvalue weighted by molar-refractivity contribution is -0.125. The summed E-state index contributed by atoms with van der Waals surface area (Å²) in [6.45, 7) is 2.65. The summed E-state index contributed by atoms with van der Waals surface area (Å²) in [5.74, 6) is 0.421. The first-order chi connectivity index (χ1) is 8.75. The van der Waals surface area contributed by atoms with Crippen molar-refractivity contribution in [1.29, 1.82) is 0 Å². The molecular weight excluding hydrogens is 292 g/mol. The van der Waals surface area contributed by atoms with E-state index in [1.54, 1.807) is 0 Å². The third-order valence-corrected chi connectivity index (χ3v) is 3.86. The Kier molecular flexibility index (Phi) is 5.20. The molecule has 0 spiro atoms. The number of carbonyl (C=O) groups excluding carboxylic acids is 1. The van der Waals surface area contributed by atoms with Gasteiger partial charge in [-0.3, -0.25) is 4.79 Å². The fraction of sp³-hybridized carbons (Fsp3) is 0.500. The van der Waals surface area contributed by atoms with E-state index in [-0.39, 0.29) is 11.8 Å². The molecule has 0 radical (unpaired) electrons. The second-order valence-electron chi connectivity index (χ2n) is 4.69. The first kappa shape index (κ1) is 13.6. The number of piperidine rings is 1. The molecule has 1 amide bonds. The highest BCUT2D eigenvalue weighted by Gasteiger charge is 2.19. The third-order valence-electron chi connectivity index (χ3n) is 3.34. The minimum absolute atomic E-state index is 0.205. The van der Waals surface area contributed by atoms with Gasteiger partial charge in [0.1, 0.15) is 0 Å². The smallest absolute Gasteiger partial charge is 0.223 e. The van der Waals surface area contributed by atoms with Gasteiger partial charge < -0.3 is 10.6 Å². The molecule has 0 unspecified atom stereocenters. The molecule has 1 aromatic rings. The summed E-state index contributed by atoms with van der Waals surface area (Å²) >= 11 is 3.41. The van der Waals surface area contributed by atoms with Crippen molar-refractivity contribution in [3.63, 3.8) is 0 Å². The van der Waals surface area contributed by atoms with Gasteiger partial charge in [-0.25, -0.2) is 0 Å². The lowest BCUT2D eigenvalue weighted by Gasteiger charge is -2.21. The van der Waals surface area contributed by atoms with Crippen LogP contribution >= 0.6 is 15.9 Å². The van der Waals surface area contributed by atoms with E-state index in [2.05, 4.69) is 38.7 Å². The van der Waals surface area contributed by atoms with Crippen LogP contribution in [-0.4, -0.2) is 25.5 Å². The molecule has 1 fully saturated rings. The van der Waals surface area contributed by atoms with E-state index in [1.165, 1.54) is 5.56 Å². The maximum atomic E-state index is 11.9. The van der Waals surface area contributed by atoms with Crippen molar-refractivity contribution in [2.75, 3.05) is 19.6 Å². The largest absolute Gasteiger partial charge is 0.356 e. The quantitative estimate of drug-likeness (QED) is 0.894. The van der Waals surface area contributed by atoms with E-state index >= 15 is 0 Å². The number of carbonyl (C=O) groups is 1. The summed E-state index contributed by atoms with van der Waals surface area (Å²) in [4.78, 5) is 11.9. The number of halogens is 1. The number of hydrogen-bond acceptors (Lipinski definition) is 2. The Labute approximate surface area is 116 Å². The summed E-state index contributed by atoms with van der Waals surface area (Å²) in [5.41, 5.74) is 1.25. The number of benzene rings is 1. The van der Waals surface area contributed by atoms with Gasteiger partial charge in [-0.15, -0.1) is 0 Å². The molecule has 0 aromatic heterocycles. The van der Waals surface area contributed by atoms with E-state index in [0.29, 0.717) is 0 Å². The van der Waals surface area contributed by atoms with Crippen LogP contribution < -0.4 is 10.6 Å². The Balaban J connectivity index is 1.71. The zero-order chi connectivity index (χ0) is 12.8. The first-order valence-electron chi connectivity index (χ1n) is 6.48. The maximum Gasteiger partial charge on any atom is 0.223 e. The maximum absolute atomic E-state index is 11.9. The molecule has 4 heteroatoms. The molecule has 1 aromatic carbocycles. The molecule has 1 heterocycles. The Morgan fingerprint density at radius 1 is 1.28 bits per heavy atom. The summed E-state index contributed by atoms with van der Waals surface area (Å²) < 4.78 is 1.09. The third kappa shape index (κ3) is 4.10. The number of hydrogen-bond donors (Lipinski definition) is 2. The topological polar surface area (TPSA) is 41.1 Å². The van der Waals surface area contributed by atoms with Crippen LogP contribution in [0.15, 0.2) is 28.7 Å². The van der Waals surface area contributed by atoms with E-state index in [9.17, 15) is 4.79 Å². The number of amides is 1. The van der Waals surface area contributed by atoms with Gasteiger partial charge in [-0.05, 0) is 50.0 Å². The molecule has 0 saturated carbocycles. The van der Waals surface area contributed by atoms with E-state index < -0.39 is 0 Å². The molecular formula is C14H19BrN2O. The molecule has 0 aliphatic carbocycles. The van der Waals surface area contributed by atoms with Crippen LogP contribution in [0, 0.1) is 5.92 Å². The van der Waals surface area contributed by atoms with Crippen LogP contribution in [-0.2, 0) is 11.2 Å². The molecule has 3 nitrogen and oxygen atoms in total. The van der Waals surface area contributed by atoms with Crippen molar-refractivity contribution in [2.45, 2.75) is 19.3 Å². The van der Waals surface area contributed by atoms with E-state index in [4.69, 9.17) is 0 Å². The van der Waals surface area contributed by atoms with Crippen molar-refractivity contribution in [3.8, 4) is 0 Å². The molecule has 0 atom stereocenters. The molecule has 1 saturated heterocycles. The summed E-state index contributed by atoms with van der Waals surface area (Å²) in [6, 6.07) is 8.23. The highest BCUT2D eigenvalue weighted by molar-refractivity contribution is 9.10. The van der Waals surface area contributed by atoms with Gasteiger partial charge >= 0.3 is 0 Å². The van der Waals surface area contributed by atoms with Gasteiger partial charge in [0.25, 0.3) is 0 Å². The van der Waals surface area contributed by atoms with Crippen LogP contribution in [0.3, 0.4) is 0 Å². The van der Waals surface area contributed by atoms with Crippen molar-refractivity contribution < 1.29 is 4.79 Å². The highest BCUT2D eigenvalue weighted by atomic mass is 79.9. The molecule has 2 N–H and O–H groups in total. The Hall–Kier alpha value is -0.870. The minimum atomic E-state index is 0.205. The molecule has 1 aliphatic heterocycles. The van der Waals surface area contributed by atoms with Gasteiger partial charge in [0.2, 0.25) is 5.91 Å². The van der Waals surface area contributed by atoms with Crippen LogP contribution in [0.4, 0.5) is 0 Å².